The largest absolute Gasteiger partial charge is 0.324 e. The summed E-state index contributed by atoms with van der Waals surface area (Å²) >= 11 is 0. The first kappa shape index (κ1) is 10.2. The summed E-state index contributed by atoms with van der Waals surface area (Å²) in [5.74, 6) is 1.52. The molecular formula is C12H17N3. The third-order valence-corrected chi connectivity index (χ3v) is 2.62. The maximum absolute atomic E-state index is 5.87. The summed E-state index contributed by atoms with van der Waals surface area (Å²) in [5, 5.41) is 0. The molecule has 15 heavy (non-hydrogen) atoms. The van der Waals surface area contributed by atoms with Gasteiger partial charge in [0.2, 0.25) is 0 Å². The second kappa shape index (κ2) is 3.66. The number of rotatable bonds is 2. The summed E-state index contributed by atoms with van der Waals surface area (Å²) in [4.78, 5) is 4.42. The van der Waals surface area contributed by atoms with Gasteiger partial charge in [-0.2, -0.15) is 0 Å². The van der Waals surface area contributed by atoms with Crippen molar-refractivity contribution in [2.24, 2.45) is 5.73 Å². The molecule has 0 aliphatic heterocycles. The maximum Gasteiger partial charge on any atom is 0.115 e. The Morgan fingerprint density at radius 2 is 2.00 bits per heavy atom. The molecule has 0 aliphatic rings. The average molecular weight is 203 g/mol. The van der Waals surface area contributed by atoms with E-state index in [9.17, 15) is 0 Å². The Balaban J connectivity index is 2.61. The summed E-state index contributed by atoms with van der Waals surface area (Å²) in [6, 6.07) is 4.19. The third-order valence-electron chi connectivity index (χ3n) is 2.62. The van der Waals surface area contributed by atoms with E-state index in [1.807, 2.05) is 13.1 Å². The molecule has 2 aromatic rings. The van der Waals surface area contributed by atoms with Crippen LogP contribution in [0.4, 0.5) is 0 Å². The average Bonchev–Trinajstić information content (AvgIpc) is 2.59. The molecule has 0 amide bonds. The molecule has 0 radical (unpaired) electrons. The molecule has 1 atom stereocenters. The molecule has 1 unspecified atom stereocenters. The molecule has 3 nitrogen and oxygen atoms in total. The second-order valence-corrected chi connectivity index (χ2v) is 4.32. The second-order valence-electron chi connectivity index (χ2n) is 4.32. The highest BCUT2D eigenvalue weighted by Crippen LogP contribution is 2.18. The van der Waals surface area contributed by atoms with Crippen LogP contribution in [0.15, 0.2) is 24.5 Å². The van der Waals surface area contributed by atoms with E-state index in [2.05, 4.69) is 41.6 Å². The van der Waals surface area contributed by atoms with Crippen LogP contribution < -0.4 is 5.73 Å². The predicted molar refractivity (Wildman–Crippen MR) is 61.9 cm³/mol. The van der Waals surface area contributed by atoms with E-state index in [0.717, 1.165) is 16.9 Å². The first-order valence-corrected chi connectivity index (χ1v) is 5.32. The van der Waals surface area contributed by atoms with Crippen molar-refractivity contribution < 1.29 is 0 Å². The van der Waals surface area contributed by atoms with Crippen LogP contribution in [-0.2, 0) is 0 Å². The van der Waals surface area contributed by atoms with E-state index in [4.69, 9.17) is 5.73 Å². The van der Waals surface area contributed by atoms with Gasteiger partial charge < -0.3 is 10.1 Å². The number of imidazole rings is 1. The molecule has 0 aliphatic carbocycles. The highest BCUT2D eigenvalue weighted by atomic mass is 15.0. The third kappa shape index (κ3) is 1.75. The minimum atomic E-state index is 0.0665. The number of aromatic nitrogens is 2. The summed E-state index contributed by atoms with van der Waals surface area (Å²) in [5.41, 5.74) is 8.13. The van der Waals surface area contributed by atoms with Crippen LogP contribution in [0.3, 0.4) is 0 Å². The zero-order chi connectivity index (χ0) is 11.0. The highest BCUT2D eigenvalue weighted by Gasteiger charge is 2.08. The molecule has 0 fully saturated rings. The Hall–Kier alpha value is -1.35. The Morgan fingerprint density at radius 3 is 2.60 bits per heavy atom. The lowest BCUT2D eigenvalue weighted by Gasteiger charge is -2.09. The zero-order valence-corrected chi connectivity index (χ0v) is 9.44. The van der Waals surface area contributed by atoms with Crippen molar-refractivity contribution in [2.45, 2.75) is 32.7 Å². The molecule has 0 saturated heterocycles. The maximum atomic E-state index is 5.87. The number of fused-ring (bicyclic) bond motifs is 1. The van der Waals surface area contributed by atoms with E-state index < -0.39 is 0 Å². The standard InChI is InChI=1S/C12H17N3/c1-8(2)12-14-6-11-5-4-10(9(3)13)7-15(11)12/h4-9H,13H2,1-3H3. The lowest BCUT2D eigenvalue weighted by atomic mass is 10.1. The molecule has 0 spiro atoms. The van der Waals surface area contributed by atoms with Gasteiger partial charge in [-0.25, -0.2) is 4.98 Å². The summed E-state index contributed by atoms with van der Waals surface area (Å²) in [7, 11) is 0. The van der Waals surface area contributed by atoms with E-state index in [1.54, 1.807) is 0 Å². The van der Waals surface area contributed by atoms with Crippen molar-refractivity contribution in [3.8, 4) is 0 Å². The van der Waals surface area contributed by atoms with E-state index in [1.165, 1.54) is 0 Å². The number of pyridine rings is 1. The fourth-order valence-corrected chi connectivity index (χ4v) is 1.72. The predicted octanol–water partition coefficient (Wildman–Crippen LogP) is 2.48. The van der Waals surface area contributed by atoms with Crippen LogP contribution in [0.25, 0.3) is 5.52 Å². The highest BCUT2D eigenvalue weighted by molar-refractivity contribution is 5.47. The van der Waals surface area contributed by atoms with Gasteiger partial charge >= 0.3 is 0 Å². The van der Waals surface area contributed by atoms with Gasteiger partial charge in [0.1, 0.15) is 5.82 Å². The minimum absolute atomic E-state index is 0.0665. The molecule has 2 aromatic heterocycles. The molecule has 2 N–H and O–H groups in total. The molecule has 0 saturated carbocycles. The van der Waals surface area contributed by atoms with Gasteiger partial charge in [0.05, 0.1) is 11.7 Å². The first-order valence-electron chi connectivity index (χ1n) is 5.32. The van der Waals surface area contributed by atoms with Crippen molar-refractivity contribution in [3.05, 3.63) is 35.9 Å². The number of hydrogen-bond donors (Lipinski definition) is 1. The molecular weight excluding hydrogens is 186 g/mol. The van der Waals surface area contributed by atoms with Gasteiger partial charge in [0.15, 0.2) is 0 Å². The SMILES string of the molecule is CC(C)c1ncc2ccc(C(C)N)cn12. The zero-order valence-electron chi connectivity index (χ0n) is 9.44. The van der Waals surface area contributed by atoms with Gasteiger partial charge in [0.25, 0.3) is 0 Å². The lowest BCUT2D eigenvalue weighted by Crippen LogP contribution is -2.07. The van der Waals surface area contributed by atoms with Crippen molar-refractivity contribution in [1.82, 2.24) is 9.38 Å². The van der Waals surface area contributed by atoms with Crippen LogP contribution in [0.1, 0.15) is 44.1 Å². The monoisotopic (exact) mass is 203 g/mol. The molecule has 2 rings (SSSR count). The lowest BCUT2D eigenvalue weighted by molar-refractivity contribution is 0.756. The smallest absolute Gasteiger partial charge is 0.115 e. The number of nitrogens with two attached hydrogens (primary N) is 1. The molecule has 2 heterocycles. The van der Waals surface area contributed by atoms with Crippen LogP contribution >= 0.6 is 0 Å². The van der Waals surface area contributed by atoms with Crippen molar-refractivity contribution in [3.63, 3.8) is 0 Å². The van der Waals surface area contributed by atoms with E-state index >= 15 is 0 Å². The Kier molecular flexibility index (Phi) is 2.49. The summed E-state index contributed by atoms with van der Waals surface area (Å²) in [6.45, 7) is 6.29. The Labute approximate surface area is 89.9 Å². The fraction of sp³-hybridized carbons (Fsp3) is 0.417. The van der Waals surface area contributed by atoms with Crippen LogP contribution in [0.2, 0.25) is 0 Å². The normalized spacial score (nSPS) is 13.7. The van der Waals surface area contributed by atoms with Gasteiger partial charge in [-0.3, -0.25) is 0 Å². The van der Waals surface area contributed by atoms with Crippen LogP contribution in [0.5, 0.6) is 0 Å². The van der Waals surface area contributed by atoms with Crippen LogP contribution in [-0.4, -0.2) is 9.38 Å². The molecule has 3 heteroatoms. The Morgan fingerprint density at radius 1 is 1.27 bits per heavy atom. The van der Waals surface area contributed by atoms with Gasteiger partial charge in [-0.05, 0) is 18.6 Å². The quantitative estimate of drug-likeness (QED) is 0.814. The first-order chi connectivity index (χ1) is 7.09. The summed E-state index contributed by atoms with van der Waals surface area (Å²) < 4.78 is 2.13. The van der Waals surface area contributed by atoms with Gasteiger partial charge in [-0.15, -0.1) is 0 Å². The summed E-state index contributed by atoms with van der Waals surface area (Å²) in [6.07, 6.45) is 3.99. The van der Waals surface area contributed by atoms with E-state index in [0.29, 0.717) is 5.92 Å². The minimum Gasteiger partial charge on any atom is -0.324 e. The van der Waals surface area contributed by atoms with E-state index in [-0.39, 0.29) is 6.04 Å². The number of nitrogens with zero attached hydrogens (tertiary/aromatic N) is 2. The van der Waals surface area contributed by atoms with Gasteiger partial charge in [0, 0.05) is 18.2 Å². The number of hydrogen-bond acceptors (Lipinski definition) is 2. The van der Waals surface area contributed by atoms with Crippen molar-refractivity contribution >= 4 is 5.52 Å². The van der Waals surface area contributed by atoms with Crippen molar-refractivity contribution in [2.75, 3.05) is 0 Å². The molecule has 0 aromatic carbocycles. The van der Waals surface area contributed by atoms with Gasteiger partial charge in [-0.1, -0.05) is 19.9 Å². The molecule has 0 bridgehead atoms. The topological polar surface area (TPSA) is 43.3 Å². The Bertz CT molecular complexity index is 469. The van der Waals surface area contributed by atoms with Crippen molar-refractivity contribution in [1.29, 1.82) is 0 Å². The van der Waals surface area contributed by atoms with Crippen LogP contribution in [0, 0.1) is 0 Å². The fourth-order valence-electron chi connectivity index (χ4n) is 1.72. The molecule has 80 valence electrons.